The minimum absolute atomic E-state index is 0.0927. The summed E-state index contributed by atoms with van der Waals surface area (Å²) in [5, 5.41) is 2.60. The molecular weight excluding hydrogens is 242 g/mol. The maximum atomic E-state index is 12.0. The predicted octanol–water partition coefficient (Wildman–Crippen LogP) is 1.48. The molecule has 1 heterocycles. The van der Waals surface area contributed by atoms with Crippen molar-refractivity contribution in [1.29, 1.82) is 0 Å². The third kappa shape index (κ3) is 3.77. The number of rotatable bonds is 3. The zero-order valence-electron chi connectivity index (χ0n) is 12.2. The molecule has 0 aromatic carbocycles. The van der Waals surface area contributed by atoms with Crippen LogP contribution in [0.1, 0.15) is 27.7 Å². The largest absolute Gasteiger partial charge is 0.331 e. The number of piperazine rings is 1. The standard InChI is InChI=1S/C14H21N3O2/c1-6-15-11(10(4)9(2)3)7-12-14(19)17(5)8-13(18)16-12/h6-7,9H,8H2,1-5H3,(H,16,18)/b11-10+,12-7-,15-6?. The molecule has 104 valence electrons. The zero-order chi connectivity index (χ0) is 14.6. The van der Waals surface area contributed by atoms with Crippen molar-refractivity contribution in [2.45, 2.75) is 27.7 Å². The van der Waals surface area contributed by atoms with Crippen LogP contribution < -0.4 is 5.32 Å². The Hall–Kier alpha value is -1.91. The molecule has 0 aliphatic carbocycles. The fourth-order valence-electron chi connectivity index (χ4n) is 1.66. The van der Waals surface area contributed by atoms with Gasteiger partial charge in [0.2, 0.25) is 5.91 Å². The Morgan fingerprint density at radius 2 is 2.05 bits per heavy atom. The highest BCUT2D eigenvalue weighted by atomic mass is 16.2. The van der Waals surface area contributed by atoms with E-state index in [1.165, 1.54) is 4.90 Å². The normalized spacial score (nSPS) is 20.3. The Bertz CT molecular complexity index is 473. The van der Waals surface area contributed by atoms with Crippen LogP contribution >= 0.6 is 0 Å². The molecule has 0 spiro atoms. The number of carbonyl (C=O) groups is 2. The molecule has 5 nitrogen and oxygen atoms in total. The highest BCUT2D eigenvalue weighted by molar-refractivity contribution is 6.03. The van der Waals surface area contributed by atoms with E-state index in [1.807, 2.05) is 13.8 Å². The number of nitrogens with one attached hydrogen (secondary N) is 1. The summed E-state index contributed by atoms with van der Waals surface area (Å²) >= 11 is 0. The van der Waals surface area contributed by atoms with E-state index in [4.69, 9.17) is 0 Å². The number of hydrogen-bond acceptors (Lipinski definition) is 3. The molecule has 1 saturated heterocycles. The van der Waals surface area contributed by atoms with Gasteiger partial charge in [0, 0.05) is 13.3 Å². The van der Waals surface area contributed by atoms with E-state index in [0.717, 1.165) is 11.3 Å². The SMILES string of the molecule is CC=NC(/C=C1\NC(=O)CN(C)C1=O)=C(\C)C(C)C. The summed E-state index contributed by atoms with van der Waals surface area (Å²) in [6.45, 7) is 8.01. The predicted molar refractivity (Wildman–Crippen MR) is 75.6 cm³/mol. The van der Waals surface area contributed by atoms with E-state index in [2.05, 4.69) is 24.2 Å². The molecule has 0 atom stereocenters. The molecule has 0 bridgehead atoms. The summed E-state index contributed by atoms with van der Waals surface area (Å²) in [4.78, 5) is 29.1. The van der Waals surface area contributed by atoms with Crippen LogP contribution in [0.3, 0.4) is 0 Å². The number of hydrogen-bond donors (Lipinski definition) is 1. The molecule has 2 amide bonds. The minimum Gasteiger partial charge on any atom is -0.331 e. The molecule has 1 aliphatic heterocycles. The van der Waals surface area contributed by atoms with E-state index in [9.17, 15) is 9.59 Å². The number of allylic oxidation sites excluding steroid dienone is 2. The Morgan fingerprint density at radius 3 is 2.58 bits per heavy atom. The Morgan fingerprint density at radius 1 is 1.42 bits per heavy atom. The van der Waals surface area contributed by atoms with E-state index in [0.29, 0.717) is 5.92 Å². The lowest BCUT2D eigenvalue weighted by molar-refractivity contribution is -0.136. The Kier molecular flexibility index (Phi) is 5.03. The molecule has 5 heteroatoms. The number of nitrogens with zero attached hydrogens (tertiary/aromatic N) is 2. The van der Waals surface area contributed by atoms with Gasteiger partial charge in [-0.25, -0.2) is 0 Å². The molecule has 0 saturated carbocycles. The fourth-order valence-corrected chi connectivity index (χ4v) is 1.66. The average molecular weight is 263 g/mol. The van der Waals surface area contributed by atoms with Crippen molar-refractivity contribution in [3.63, 3.8) is 0 Å². The second-order valence-corrected chi connectivity index (χ2v) is 4.88. The summed E-state index contributed by atoms with van der Waals surface area (Å²) in [6, 6.07) is 0. The fraction of sp³-hybridized carbons (Fsp3) is 0.500. The van der Waals surface area contributed by atoms with Crippen LogP contribution in [0, 0.1) is 5.92 Å². The van der Waals surface area contributed by atoms with Crippen molar-refractivity contribution < 1.29 is 9.59 Å². The minimum atomic E-state index is -0.194. The monoisotopic (exact) mass is 263 g/mol. The van der Waals surface area contributed by atoms with Gasteiger partial charge in [-0.3, -0.25) is 14.6 Å². The van der Waals surface area contributed by atoms with Gasteiger partial charge in [-0.1, -0.05) is 13.8 Å². The van der Waals surface area contributed by atoms with Gasteiger partial charge >= 0.3 is 0 Å². The van der Waals surface area contributed by atoms with Crippen molar-refractivity contribution in [2.24, 2.45) is 10.9 Å². The van der Waals surface area contributed by atoms with Gasteiger partial charge in [0.25, 0.3) is 5.91 Å². The van der Waals surface area contributed by atoms with Crippen LogP contribution in [0.25, 0.3) is 0 Å². The second kappa shape index (κ2) is 6.31. The highest BCUT2D eigenvalue weighted by Crippen LogP contribution is 2.18. The van der Waals surface area contributed by atoms with Crippen molar-refractivity contribution in [3.05, 3.63) is 23.0 Å². The quantitative estimate of drug-likeness (QED) is 0.619. The maximum absolute atomic E-state index is 12.0. The summed E-state index contributed by atoms with van der Waals surface area (Å²) in [5.74, 6) is -0.0574. The first-order valence-electron chi connectivity index (χ1n) is 6.33. The number of carbonyl (C=O) groups excluding carboxylic acids is 2. The van der Waals surface area contributed by atoms with Gasteiger partial charge in [0.1, 0.15) is 5.70 Å². The summed E-state index contributed by atoms with van der Waals surface area (Å²) in [5.41, 5.74) is 2.07. The molecule has 1 aliphatic rings. The first-order valence-corrected chi connectivity index (χ1v) is 6.33. The van der Waals surface area contributed by atoms with Gasteiger partial charge in [0.05, 0.1) is 12.2 Å². The first-order chi connectivity index (χ1) is 8.86. The molecule has 0 radical (unpaired) electrons. The number of aliphatic imine (C=N–C) groups is 1. The molecule has 1 fully saturated rings. The van der Waals surface area contributed by atoms with Crippen LogP contribution in [0.2, 0.25) is 0 Å². The highest BCUT2D eigenvalue weighted by Gasteiger charge is 2.25. The molecule has 0 unspecified atom stereocenters. The van der Waals surface area contributed by atoms with Gasteiger partial charge in [-0.15, -0.1) is 0 Å². The topological polar surface area (TPSA) is 61.8 Å². The third-order valence-electron chi connectivity index (χ3n) is 3.05. The average Bonchev–Trinajstić information content (AvgIpc) is 2.33. The third-order valence-corrected chi connectivity index (χ3v) is 3.05. The summed E-state index contributed by atoms with van der Waals surface area (Å²) in [7, 11) is 1.61. The molecular formula is C14H21N3O2. The van der Waals surface area contributed by atoms with Crippen molar-refractivity contribution in [1.82, 2.24) is 10.2 Å². The van der Waals surface area contributed by atoms with E-state index < -0.39 is 0 Å². The molecule has 19 heavy (non-hydrogen) atoms. The summed E-state index contributed by atoms with van der Waals surface area (Å²) in [6.07, 6.45) is 3.32. The molecule has 1 N–H and O–H groups in total. The number of likely N-dealkylation sites (N-methyl/N-ethyl adjacent to an activating group) is 1. The Labute approximate surface area is 114 Å². The smallest absolute Gasteiger partial charge is 0.270 e. The lowest BCUT2D eigenvalue weighted by Gasteiger charge is -2.24. The lowest BCUT2D eigenvalue weighted by Crippen LogP contribution is -2.48. The van der Waals surface area contributed by atoms with Crippen molar-refractivity contribution >= 4 is 18.0 Å². The molecule has 1 rings (SSSR count). The van der Waals surface area contributed by atoms with E-state index in [-0.39, 0.29) is 24.1 Å². The Balaban J connectivity index is 3.19. The maximum Gasteiger partial charge on any atom is 0.270 e. The molecule has 0 aromatic rings. The first kappa shape index (κ1) is 15.1. The number of amides is 2. The zero-order valence-corrected chi connectivity index (χ0v) is 12.2. The van der Waals surface area contributed by atoms with Gasteiger partial charge in [-0.05, 0) is 31.4 Å². The van der Waals surface area contributed by atoms with Crippen molar-refractivity contribution in [2.75, 3.05) is 13.6 Å². The van der Waals surface area contributed by atoms with Gasteiger partial charge < -0.3 is 10.2 Å². The van der Waals surface area contributed by atoms with Gasteiger partial charge in [0.15, 0.2) is 0 Å². The summed E-state index contributed by atoms with van der Waals surface area (Å²) < 4.78 is 0. The molecule has 0 aromatic heterocycles. The van der Waals surface area contributed by atoms with Gasteiger partial charge in [-0.2, -0.15) is 0 Å². The van der Waals surface area contributed by atoms with Crippen molar-refractivity contribution in [3.8, 4) is 0 Å². The van der Waals surface area contributed by atoms with Crippen LogP contribution in [0.15, 0.2) is 28.0 Å². The van der Waals surface area contributed by atoms with Crippen LogP contribution in [-0.4, -0.2) is 36.5 Å². The van der Waals surface area contributed by atoms with Crippen LogP contribution in [0.5, 0.6) is 0 Å². The second-order valence-electron chi connectivity index (χ2n) is 4.88. The van der Waals surface area contributed by atoms with Crippen LogP contribution in [0.4, 0.5) is 0 Å². The van der Waals surface area contributed by atoms with E-state index in [1.54, 1.807) is 19.3 Å². The lowest BCUT2D eigenvalue weighted by atomic mass is 10.0. The van der Waals surface area contributed by atoms with Crippen LogP contribution in [-0.2, 0) is 9.59 Å². The van der Waals surface area contributed by atoms with E-state index >= 15 is 0 Å².